The molecule has 2 unspecified atom stereocenters. The molecular weight excluding hydrogens is 256 g/mol. The predicted octanol–water partition coefficient (Wildman–Crippen LogP) is 2.76. The van der Waals surface area contributed by atoms with E-state index in [0.717, 1.165) is 11.5 Å². The van der Waals surface area contributed by atoms with Gasteiger partial charge in [-0.1, -0.05) is 60.7 Å². The van der Waals surface area contributed by atoms with E-state index in [1.54, 1.807) is 0 Å². The van der Waals surface area contributed by atoms with Crippen LogP contribution in [0.2, 0.25) is 0 Å². The Hall–Kier alpha value is -2.54. The first-order valence-electron chi connectivity index (χ1n) is 7.38. The lowest BCUT2D eigenvalue weighted by atomic mass is 9.73. The van der Waals surface area contributed by atoms with Gasteiger partial charge in [0.25, 0.3) is 0 Å². The Morgan fingerprint density at radius 3 is 2.76 bits per heavy atom. The van der Waals surface area contributed by atoms with Crippen molar-refractivity contribution in [3.63, 3.8) is 0 Å². The Kier molecular flexibility index (Phi) is 2.12. The molecule has 1 nitrogen and oxygen atoms in total. The van der Waals surface area contributed by atoms with Crippen LogP contribution >= 0.6 is 0 Å². The summed E-state index contributed by atoms with van der Waals surface area (Å²) in [7, 11) is 0. The summed E-state index contributed by atoms with van der Waals surface area (Å²) < 4.78 is 6.16. The molecule has 2 atom stereocenters. The van der Waals surface area contributed by atoms with Crippen LogP contribution < -0.4 is 15.2 Å². The van der Waals surface area contributed by atoms with Crippen LogP contribution in [-0.4, -0.2) is 0 Å². The van der Waals surface area contributed by atoms with Gasteiger partial charge in [0.15, 0.2) is 0 Å². The average Bonchev–Trinajstić information content (AvgIpc) is 2.54. The fourth-order valence-corrected chi connectivity index (χ4v) is 3.75. The van der Waals surface area contributed by atoms with E-state index in [9.17, 15) is 0 Å². The quantitative estimate of drug-likeness (QED) is 0.715. The lowest BCUT2D eigenvalue weighted by Crippen LogP contribution is -2.40. The molecule has 1 heterocycles. The summed E-state index contributed by atoms with van der Waals surface area (Å²) in [6.07, 6.45) is 8.87. The second kappa shape index (κ2) is 3.98. The van der Waals surface area contributed by atoms with Gasteiger partial charge in [-0.05, 0) is 28.2 Å². The SMILES string of the molecule is C1=CC2C=c3ccccc3=C3c4ccccc4OC(=C1)C32. The topological polar surface area (TPSA) is 9.23 Å². The van der Waals surface area contributed by atoms with Gasteiger partial charge in [0, 0.05) is 11.5 Å². The first-order valence-corrected chi connectivity index (χ1v) is 7.38. The van der Waals surface area contributed by atoms with E-state index in [2.05, 4.69) is 66.8 Å². The van der Waals surface area contributed by atoms with Crippen LogP contribution in [0.5, 0.6) is 5.75 Å². The molecule has 0 saturated heterocycles. The first kappa shape index (κ1) is 11.2. The summed E-state index contributed by atoms with van der Waals surface area (Å²) >= 11 is 0. The van der Waals surface area contributed by atoms with Gasteiger partial charge in [-0.25, -0.2) is 0 Å². The Morgan fingerprint density at radius 1 is 0.905 bits per heavy atom. The maximum Gasteiger partial charge on any atom is 0.134 e. The van der Waals surface area contributed by atoms with E-state index in [-0.39, 0.29) is 0 Å². The normalized spacial score (nSPS) is 24.0. The molecule has 0 saturated carbocycles. The minimum atomic E-state index is 0.319. The Bertz CT molecular complexity index is 930. The maximum atomic E-state index is 6.16. The molecule has 0 radical (unpaired) electrons. The molecule has 0 bridgehead atoms. The molecule has 0 spiro atoms. The van der Waals surface area contributed by atoms with Crippen LogP contribution in [0, 0.1) is 11.8 Å². The van der Waals surface area contributed by atoms with E-state index in [1.165, 1.54) is 21.6 Å². The largest absolute Gasteiger partial charge is 0.460 e. The molecule has 21 heavy (non-hydrogen) atoms. The summed E-state index contributed by atoms with van der Waals surface area (Å²) in [5, 5.41) is 2.67. The standard InChI is InChI=1S/C20H14O/c1-2-8-15-13(6-1)12-14-7-5-11-18-19(14)20(15)16-9-3-4-10-17(16)21-18/h1-12,14,19H. The predicted molar refractivity (Wildman–Crippen MR) is 83.9 cm³/mol. The van der Waals surface area contributed by atoms with E-state index in [1.807, 2.05) is 6.07 Å². The smallest absolute Gasteiger partial charge is 0.134 e. The van der Waals surface area contributed by atoms with Gasteiger partial charge in [-0.15, -0.1) is 0 Å². The first-order chi connectivity index (χ1) is 10.4. The van der Waals surface area contributed by atoms with Gasteiger partial charge >= 0.3 is 0 Å². The Balaban J connectivity index is 1.98. The van der Waals surface area contributed by atoms with Crippen molar-refractivity contribution in [3.8, 4) is 5.75 Å². The highest BCUT2D eigenvalue weighted by Crippen LogP contribution is 2.45. The number of fused-ring (bicyclic) bond motifs is 3. The fraction of sp³-hybridized carbons (Fsp3) is 0.100. The number of allylic oxidation sites excluding steroid dienone is 4. The zero-order valence-electron chi connectivity index (χ0n) is 11.5. The van der Waals surface area contributed by atoms with Crippen LogP contribution in [-0.2, 0) is 0 Å². The van der Waals surface area contributed by atoms with Gasteiger partial charge in [0.1, 0.15) is 11.5 Å². The number of ether oxygens (including phenoxy) is 1. The maximum absolute atomic E-state index is 6.16. The number of hydrogen-bond acceptors (Lipinski definition) is 1. The minimum absolute atomic E-state index is 0.319. The van der Waals surface area contributed by atoms with Crippen molar-refractivity contribution < 1.29 is 4.74 Å². The van der Waals surface area contributed by atoms with Crippen molar-refractivity contribution in [2.75, 3.05) is 0 Å². The van der Waals surface area contributed by atoms with E-state index >= 15 is 0 Å². The van der Waals surface area contributed by atoms with Crippen molar-refractivity contribution in [3.05, 3.63) is 88.5 Å². The molecule has 5 rings (SSSR count). The highest BCUT2D eigenvalue weighted by molar-refractivity contribution is 5.79. The molecule has 0 amide bonds. The van der Waals surface area contributed by atoms with Crippen molar-refractivity contribution in [2.45, 2.75) is 0 Å². The van der Waals surface area contributed by atoms with Gasteiger partial charge in [-0.2, -0.15) is 0 Å². The molecule has 0 aromatic heterocycles. The van der Waals surface area contributed by atoms with E-state index < -0.39 is 0 Å². The highest BCUT2D eigenvalue weighted by Gasteiger charge is 2.36. The average molecular weight is 270 g/mol. The van der Waals surface area contributed by atoms with E-state index in [4.69, 9.17) is 4.74 Å². The Morgan fingerprint density at radius 2 is 1.76 bits per heavy atom. The van der Waals surface area contributed by atoms with Crippen molar-refractivity contribution in [1.29, 1.82) is 0 Å². The number of hydrogen-bond donors (Lipinski definition) is 0. The summed E-state index contributed by atoms with van der Waals surface area (Å²) in [6, 6.07) is 17.1. The molecule has 1 aliphatic heterocycles. The molecule has 0 N–H and O–H groups in total. The minimum Gasteiger partial charge on any atom is -0.460 e. The van der Waals surface area contributed by atoms with Crippen LogP contribution in [0.25, 0.3) is 11.6 Å². The number of benzene rings is 2. The van der Waals surface area contributed by atoms with Crippen LogP contribution in [0.3, 0.4) is 0 Å². The molecule has 2 aliphatic carbocycles. The van der Waals surface area contributed by atoms with Gasteiger partial charge in [0.2, 0.25) is 0 Å². The molecule has 1 heteroatoms. The number of para-hydroxylation sites is 1. The molecule has 0 fully saturated rings. The van der Waals surface area contributed by atoms with Gasteiger partial charge in [-0.3, -0.25) is 0 Å². The summed E-state index contributed by atoms with van der Waals surface area (Å²) in [4.78, 5) is 0. The van der Waals surface area contributed by atoms with Crippen LogP contribution in [0.1, 0.15) is 5.56 Å². The lowest BCUT2D eigenvalue weighted by Gasteiger charge is -2.37. The molecule has 3 aliphatic rings. The number of rotatable bonds is 0. The van der Waals surface area contributed by atoms with Crippen molar-refractivity contribution >= 4 is 11.6 Å². The molecule has 2 aromatic rings. The van der Waals surface area contributed by atoms with Crippen molar-refractivity contribution in [1.82, 2.24) is 0 Å². The third-order valence-corrected chi connectivity index (χ3v) is 4.62. The molecular formula is C20H14O. The summed E-state index contributed by atoms with van der Waals surface area (Å²) in [6.45, 7) is 0. The second-order valence-electron chi connectivity index (χ2n) is 5.77. The highest BCUT2D eigenvalue weighted by atomic mass is 16.5. The fourth-order valence-electron chi connectivity index (χ4n) is 3.75. The second-order valence-corrected chi connectivity index (χ2v) is 5.77. The summed E-state index contributed by atoms with van der Waals surface area (Å²) in [5.74, 6) is 2.76. The third-order valence-electron chi connectivity index (χ3n) is 4.62. The van der Waals surface area contributed by atoms with Crippen LogP contribution in [0.15, 0.2) is 72.5 Å². The zero-order chi connectivity index (χ0) is 13.8. The van der Waals surface area contributed by atoms with Gasteiger partial charge in [0.05, 0.1) is 5.92 Å². The monoisotopic (exact) mass is 270 g/mol. The van der Waals surface area contributed by atoms with Crippen molar-refractivity contribution in [2.24, 2.45) is 11.8 Å². The zero-order valence-corrected chi connectivity index (χ0v) is 11.5. The van der Waals surface area contributed by atoms with Gasteiger partial charge < -0.3 is 4.74 Å². The third kappa shape index (κ3) is 1.46. The molecule has 100 valence electrons. The van der Waals surface area contributed by atoms with Crippen LogP contribution in [0.4, 0.5) is 0 Å². The Labute approximate surface area is 123 Å². The van der Waals surface area contributed by atoms with E-state index in [0.29, 0.717) is 11.8 Å². The lowest BCUT2D eigenvalue weighted by molar-refractivity contribution is 0.344. The molecule has 2 aromatic carbocycles. The summed E-state index contributed by atoms with van der Waals surface area (Å²) in [5.41, 5.74) is 2.65.